The Labute approximate surface area is 159 Å². The van der Waals surface area contributed by atoms with Crippen molar-refractivity contribution in [2.75, 3.05) is 10.0 Å². The molecule has 3 heterocycles. The summed E-state index contributed by atoms with van der Waals surface area (Å²) in [5, 5.41) is 2.69. The van der Waals surface area contributed by atoms with Crippen LogP contribution in [-0.2, 0) is 21.2 Å². The number of nitrogens with one attached hydrogen (secondary N) is 3. The first kappa shape index (κ1) is 16.6. The molecule has 4 aromatic rings. The molecule has 0 aliphatic carbocycles. The number of carbonyl (C=O) groups excluding carboxylic acids is 1. The van der Waals surface area contributed by atoms with Gasteiger partial charge in [0.15, 0.2) is 11.6 Å². The van der Waals surface area contributed by atoms with Crippen molar-refractivity contribution in [2.24, 2.45) is 0 Å². The van der Waals surface area contributed by atoms with Gasteiger partial charge in [0.1, 0.15) is 0 Å². The summed E-state index contributed by atoms with van der Waals surface area (Å²) in [5.74, 6) is 1.02. The largest absolute Gasteiger partial charge is 0.461 e. The summed E-state index contributed by atoms with van der Waals surface area (Å²) < 4.78 is 33.4. The zero-order valence-electron chi connectivity index (χ0n) is 14.4. The van der Waals surface area contributed by atoms with Crippen molar-refractivity contribution in [1.82, 2.24) is 9.97 Å². The third kappa shape index (κ3) is 2.81. The standard InChI is InChI=1S/C19H14N4O4S/c24-18-9-11-8-13(4-6-14(11)20-18)28(25,26)23-12-3-5-15-16(10-12)22-19(21-15)17-2-1-7-27-17/h1-8,10,23H,9H2,(H,20,24)(H,21,22). The molecule has 0 unspecified atom stereocenters. The monoisotopic (exact) mass is 394 g/mol. The van der Waals surface area contributed by atoms with Crippen LogP contribution in [0, 0.1) is 0 Å². The number of nitrogens with zero attached hydrogens (tertiary/aromatic N) is 1. The Hall–Kier alpha value is -3.59. The van der Waals surface area contributed by atoms with E-state index in [-0.39, 0.29) is 17.2 Å². The molecule has 2 aromatic carbocycles. The minimum absolute atomic E-state index is 0.101. The Morgan fingerprint density at radius 1 is 1.11 bits per heavy atom. The molecular formula is C19H14N4O4S. The molecule has 0 radical (unpaired) electrons. The molecule has 1 aliphatic rings. The number of hydrogen-bond acceptors (Lipinski definition) is 5. The Morgan fingerprint density at radius 2 is 2.00 bits per heavy atom. The van der Waals surface area contributed by atoms with E-state index < -0.39 is 10.0 Å². The number of H-pyrrole nitrogens is 1. The Balaban J connectivity index is 1.46. The van der Waals surface area contributed by atoms with Crippen LogP contribution in [0.4, 0.5) is 11.4 Å². The van der Waals surface area contributed by atoms with Gasteiger partial charge >= 0.3 is 0 Å². The SMILES string of the molecule is O=C1Cc2cc(S(=O)(=O)Nc3ccc4nc(-c5ccco5)[nH]c4c3)ccc2N1. The van der Waals surface area contributed by atoms with Crippen LogP contribution in [0.15, 0.2) is 64.1 Å². The molecule has 0 saturated heterocycles. The number of furan rings is 1. The van der Waals surface area contributed by atoms with Crippen LogP contribution in [0.3, 0.4) is 0 Å². The van der Waals surface area contributed by atoms with Gasteiger partial charge in [-0.25, -0.2) is 13.4 Å². The third-order valence-electron chi connectivity index (χ3n) is 4.50. The van der Waals surface area contributed by atoms with Crippen molar-refractivity contribution < 1.29 is 17.6 Å². The van der Waals surface area contributed by atoms with Crippen LogP contribution < -0.4 is 10.0 Å². The number of amides is 1. The number of carbonyl (C=O) groups is 1. The summed E-state index contributed by atoms with van der Waals surface area (Å²) in [7, 11) is -3.80. The second-order valence-electron chi connectivity index (χ2n) is 6.44. The molecule has 0 bridgehead atoms. The molecule has 0 atom stereocenters. The second kappa shape index (κ2) is 5.96. The number of rotatable bonds is 4. The predicted octanol–water partition coefficient (Wildman–Crippen LogP) is 3.12. The molecular weight excluding hydrogens is 380 g/mol. The number of sulfonamides is 1. The third-order valence-corrected chi connectivity index (χ3v) is 5.88. The molecule has 0 fully saturated rings. The number of benzene rings is 2. The topological polar surface area (TPSA) is 117 Å². The average molecular weight is 394 g/mol. The summed E-state index contributed by atoms with van der Waals surface area (Å²) in [6.45, 7) is 0. The van der Waals surface area contributed by atoms with Crippen LogP contribution >= 0.6 is 0 Å². The maximum absolute atomic E-state index is 12.8. The molecule has 0 saturated carbocycles. The van der Waals surface area contributed by atoms with Gasteiger partial charge < -0.3 is 14.7 Å². The molecule has 2 aromatic heterocycles. The second-order valence-corrected chi connectivity index (χ2v) is 8.13. The van der Waals surface area contributed by atoms with E-state index in [4.69, 9.17) is 4.42 Å². The molecule has 140 valence electrons. The predicted molar refractivity (Wildman–Crippen MR) is 103 cm³/mol. The molecule has 5 rings (SSSR count). The van der Waals surface area contributed by atoms with Gasteiger partial charge in [0.2, 0.25) is 5.91 Å². The smallest absolute Gasteiger partial charge is 0.261 e. The van der Waals surface area contributed by atoms with Gasteiger partial charge in [0, 0.05) is 5.69 Å². The van der Waals surface area contributed by atoms with E-state index in [0.29, 0.717) is 39.6 Å². The van der Waals surface area contributed by atoms with E-state index in [1.165, 1.54) is 12.1 Å². The van der Waals surface area contributed by atoms with Gasteiger partial charge in [-0.05, 0) is 54.1 Å². The highest BCUT2D eigenvalue weighted by molar-refractivity contribution is 7.92. The lowest BCUT2D eigenvalue weighted by atomic mass is 10.2. The zero-order chi connectivity index (χ0) is 19.3. The summed E-state index contributed by atoms with van der Waals surface area (Å²) in [6.07, 6.45) is 1.73. The van der Waals surface area contributed by atoms with Gasteiger partial charge in [-0.2, -0.15) is 0 Å². The van der Waals surface area contributed by atoms with Crippen LogP contribution in [0.1, 0.15) is 5.56 Å². The first-order valence-corrected chi connectivity index (χ1v) is 9.95. The minimum atomic E-state index is -3.80. The molecule has 1 aliphatic heterocycles. The van der Waals surface area contributed by atoms with E-state index in [9.17, 15) is 13.2 Å². The highest BCUT2D eigenvalue weighted by atomic mass is 32.2. The number of anilines is 2. The van der Waals surface area contributed by atoms with Crippen molar-refractivity contribution in [3.63, 3.8) is 0 Å². The molecule has 1 amide bonds. The Morgan fingerprint density at radius 3 is 2.82 bits per heavy atom. The van der Waals surface area contributed by atoms with Gasteiger partial charge in [0.05, 0.1) is 34.3 Å². The number of aromatic amines is 1. The molecule has 9 heteroatoms. The van der Waals surface area contributed by atoms with E-state index in [1.54, 1.807) is 42.7 Å². The van der Waals surface area contributed by atoms with Crippen molar-refractivity contribution in [3.05, 3.63) is 60.4 Å². The van der Waals surface area contributed by atoms with Gasteiger partial charge in [-0.3, -0.25) is 9.52 Å². The lowest BCUT2D eigenvalue weighted by Gasteiger charge is -2.09. The van der Waals surface area contributed by atoms with Crippen molar-refractivity contribution >= 4 is 38.3 Å². The van der Waals surface area contributed by atoms with Crippen molar-refractivity contribution in [2.45, 2.75) is 11.3 Å². The number of aromatic nitrogens is 2. The quantitative estimate of drug-likeness (QED) is 0.492. The first-order chi connectivity index (χ1) is 13.5. The summed E-state index contributed by atoms with van der Waals surface area (Å²) >= 11 is 0. The first-order valence-electron chi connectivity index (χ1n) is 8.47. The van der Waals surface area contributed by atoms with E-state index >= 15 is 0 Å². The molecule has 0 spiro atoms. The number of imidazole rings is 1. The van der Waals surface area contributed by atoms with Gasteiger partial charge in [0.25, 0.3) is 10.0 Å². The van der Waals surface area contributed by atoms with Crippen molar-refractivity contribution in [1.29, 1.82) is 0 Å². The number of fused-ring (bicyclic) bond motifs is 2. The summed E-state index contributed by atoms with van der Waals surface area (Å²) in [6, 6.07) is 13.2. The van der Waals surface area contributed by atoms with Crippen molar-refractivity contribution in [3.8, 4) is 11.6 Å². The van der Waals surface area contributed by atoms with E-state index in [2.05, 4.69) is 20.0 Å². The summed E-state index contributed by atoms with van der Waals surface area (Å²) in [5.41, 5.74) is 3.08. The fourth-order valence-corrected chi connectivity index (χ4v) is 4.29. The fraction of sp³-hybridized carbons (Fsp3) is 0.0526. The van der Waals surface area contributed by atoms with E-state index in [1.807, 2.05) is 0 Å². The lowest BCUT2D eigenvalue weighted by Crippen LogP contribution is -2.13. The Kier molecular flexibility index (Phi) is 3.53. The maximum Gasteiger partial charge on any atom is 0.261 e. The van der Waals surface area contributed by atoms with Crippen LogP contribution in [0.25, 0.3) is 22.6 Å². The fourth-order valence-electron chi connectivity index (χ4n) is 3.19. The molecule has 8 nitrogen and oxygen atoms in total. The van der Waals surface area contributed by atoms with Gasteiger partial charge in [-0.1, -0.05) is 0 Å². The lowest BCUT2D eigenvalue weighted by molar-refractivity contribution is -0.115. The van der Waals surface area contributed by atoms with E-state index in [0.717, 1.165) is 0 Å². The normalized spacial score (nSPS) is 13.5. The zero-order valence-corrected chi connectivity index (χ0v) is 15.2. The molecule has 28 heavy (non-hydrogen) atoms. The number of hydrogen-bond donors (Lipinski definition) is 3. The average Bonchev–Trinajstić information content (AvgIpc) is 3.38. The minimum Gasteiger partial charge on any atom is -0.461 e. The van der Waals surface area contributed by atoms with Crippen LogP contribution in [0.5, 0.6) is 0 Å². The van der Waals surface area contributed by atoms with Crippen LogP contribution in [0.2, 0.25) is 0 Å². The van der Waals surface area contributed by atoms with Crippen LogP contribution in [-0.4, -0.2) is 24.3 Å². The molecule has 3 N–H and O–H groups in total. The van der Waals surface area contributed by atoms with Gasteiger partial charge in [-0.15, -0.1) is 0 Å². The highest BCUT2D eigenvalue weighted by Gasteiger charge is 2.22. The highest BCUT2D eigenvalue weighted by Crippen LogP contribution is 2.28. The maximum atomic E-state index is 12.8. The Bertz CT molecular complexity index is 1320. The summed E-state index contributed by atoms with van der Waals surface area (Å²) in [4.78, 5) is 19.1.